The lowest BCUT2D eigenvalue weighted by molar-refractivity contribution is 0.483. The van der Waals surface area contributed by atoms with Crippen LogP contribution in [0, 0.1) is 0 Å². The maximum Gasteiger partial charge on any atom is 0.265 e. The average molecular weight is 403 g/mol. The minimum Gasteiger partial charge on any atom is -0.286 e. The second-order valence-corrected chi connectivity index (χ2v) is 9.56. The van der Waals surface area contributed by atoms with E-state index in [1.165, 1.54) is 109 Å². The lowest BCUT2D eigenvalue weighted by Crippen LogP contribution is -2.01. The summed E-state index contributed by atoms with van der Waals surface area (Å²) in [5, 5.41) is 0. The fourth-order valence-corrected chi connectivity index (χ4v) is 3.87. The van der Waals surface area contributed by atoms with Gasteiger partial charge in [-0.3, -0.25) is 4.55 Å². The van der Waals surface area contributed by atoms with Gasteiger partial charge in [-0.05, 0) is 19.3 Å². The summed E-state index contributed by atoms with van der Waals surface area (Å²) >= 11 is 0. The van der Waals surface area contributed by atoms with Crippen molar-refractivity contribution in [3.63, 3.8) is 0 Å². The highest BCUT2D eigenvalue weighted by atomic mass is 32.2. The van der Waals surface area contributed by atoms with Gasteiger partial charge in [0.25, 0.3) is 10.1 Å². The van der Waals surface area contributed by atoms with E-state index < -0.39 is 10.1 Å². The van der Waals surface area contributed by atoms with Crippen LogP contribution in [-0.4, -0.2) is 18.7 Å². The number of hydrogen-bond donors (Lipinski definition) is 1. The number of allylic oxidation sites excluding steroid dienone is 2. The van der Waals surface area contributed by atoms with Crippen LogP contribution in [0.3, 0.4) is 0 Å². The Morgan fingerprint density at radius 1 is 0.556 bits per heavy atom. The molecule has 0 bridgehead atoms. The highest BCUT2D eigenvalue weighted by Crippen LogP contribution is 2.14. The molecule has 0 radical (unpaired) electrons. The molecule has 0 aromatic heterocycles. The summed E-state index contributed by atoms with van der Waals surface area (Å²) in [6.45, 7) is 2.28. The highest BCUT2D eigenvalue weighted by Gasteiger charge is 2.00. The summed E-state index contributed by atoms with van der Waals surface area (Å²) in [6, 6.07) is 0. The van der Waals surface area contributed by atoms with Gasteiger partial charge in [-0.2, -0.15) is 8.42 Å². The Balaban J connectivity index is 3.10. The van der Waals surface area contributed by atoms with Gasteiger partial charge >= 0.3 is 0 Å². The molecule has 0 rings (SSSR count). The van der Waals surface area contributed by atoms with Crippen LogP contribution in [0.25, 0.3) is 0 Å². The van der Waals surface area contributed by atoms with E-state index >= 15 is 0 Å². The van der Waals surface area contributed by atoms with E-state index in [0.29, 0.717) is 6.42 Å². The van der Waals surface area contributed by atoms with E-state index in [2.05, 4.69) is 6.92 Å². The van der Waals surface area contributed by atoms with Crippen molar-refractivity contribution >= 4 is 10.1 Å². The molecule has 0 heterocycles. The van der Waals surface area contributed by atoms with Gasteiger partial charge in [-0.25, -0.2) is 0 Å². The van der Waals surface area contributed by atoms with Gasteiger partial charge in [0.15, 0.2) is 0 Å². The van der Waals surface area contributed by atoms with Crippen LogP contribution in [0.5, 0.6) is 0 Å². The Bertz CT molecular complexity index is 415. The van der Waals surface area contributed by atoms with Crippen molar-refractivity contribution in [1.82, 2.24) is 0 Å². The predicted octanol–water partition coefficient (Wildman–Crippen LogP) is 7.86. The molecule has 0 aliphatic rings. The Morgan fingerprint density at radius 3 is 1.26 bits per heavy atom. The van der Waals surface area contributed by atoms with Crippen molar-refractivity contribution in [2.75, 3.05) is 5.75 Å². The summed E-state index contributed by atoms with van der Waals surface area (Å²) in [7, 11) is -3.80. The molecule has 0 saturated carbocycles. The first-order chi connectivity index (χ1) is 13.1. The molecule has 0 aromatic carbocycles. The van der Waals surface area contributed by atoms with Crippen LogP contribution >= 0.6 is 0 Å². The summed E-state index contributed by atoms with van der Waals surface area (Å²) in [4.78, 5) is 0. The van der Waals surface area contributed by atoms with Gasteiger partial charge in [0.1, 0.15) is 0 Å². The smallest absolute Gasteiger partial charge is 0.265 e. The standard InChI is InChI=1S/C23H46O3S/c1-2-3-4-5-6-7-8-9-10-11-12-13-14-15-16-17-18-19-20-21-22-23-27(24,25)26/h20-21H,2-19,22-23H2,1H3,(H,24,25,26). The molecule has 0 aromatic rings. The van der Waals surface area contributed by atoms with E-state index in [4.69, 9.17) is 4.55 Å². The van der Waals surface area contributed by atoms with Crippen molar-refractivity contribution in [3.05, 3.63) is 12.2 Å². The Kier molecular flexibility index (Phi) is 20.1. The minimum atomic E-state index is -3.80. The molecule has 3 nitrogen and oxygen atoms in total. The second kappa shape index (κ2) is 20.4. The first kappa shape index (κ1) is 26.6. The molecule has 0 fully saturated rings. The second-order valence-electron chi connectivity index (χ2n) is 7.99. The Hall–Kier alpha value is -0.350. The highest BCUT2D eigenvalue weighted by molar-refractivity contribution is 7.85. The quantitative estimate of drug-likeness (QED) is 0.121. The van der Waals surface area contributed by atoms with Crippen LogP contribution in [0.15, 0.2) is 12.2 Å². The molecule has 27 heavy (non-hydrogen) atoms. The molecular formula is C23H46O3S. The van der Waals surface area contributed by atoms with Crippen molar-refractivity contribution < 1.29 is 13.0 Å². The Labute approximate surface area is 170 Å². The van der Waals surface area contributed by atoms with Crippen molar-refractivity contribution in [3.8, 4) is 0 Å². The zero-order valence-corrected chi connectivity index (χ0v) is 18.8. The van der Waals surface area contributed by atoms with E-state index in [1.807, 2.05) is 12.2 Å². The fourth-order valence-electron chi connectivity index (χ4n) is 3.44. The summed E-state index contributed by atoms with van der Waals surface area (Å²) in [5.74, 6) is -0.164. The molecule has 0 unspecified atom stereocenters. The number of unbranched alkanes of at least 4 members (excludes halogenated alkanes) is 17. The topological polar surface area (TPSA) is 54.4 Å². The van der Waals surface area contributed by atoms with Gasteiger partial charge in [-0.1, -0.05) is 122 Å². The third-order valence-corrected chi connectivity index (χ3v) is 5.94. The van der Waals surface area contributed by atoms with Crippen molar-refractivity contribution in [2.24, 2.45) is 0 Å². The molecule has 0 aliphatic carbocycles. The van der Waals surface area contributed by atoms with E-state index in [0.717, 1.165) is 6.42 Å². The molecule has 1 N–H and O–H groups in total. The van der Waals surface area contributed by atoms with Gasteiger partial charge in [-0.15, -0.1) is 0 Å². The van der Waals surface area contributed by atoms with Crippen LogP contribution in [0.1, 0.15) is 129 Å². The molecule has 0 aliphatic heterocycles. The molecule has 0 spiro atoms. The molecular weight excluding hydrogens is 356 g/mol. The summed E-state index contributed by atoms with van der Waals surface area (Å²) in [6.07, 6.45) is 28.9. The van der Waals surface area contributed by atoms with E-state index in [-0.39, 0.29) is 5.75 Å². The molecule has 0 amide bonds. The number of hydrogen-bond acceptors (Lipinski definition) is 2. The van der Waals surface area contributed by atoms with Crippen molar-refractivity contribution in [1.29, 1.82) is 0 Å². The molecule has 162 valence electrons. The zero-order chi connectivity index (χ0) is 20.1. The fraction of sp³-hybridized carbons (Fsp3) is 0.913. The van der Waals surface area contributed by atoms with Crippen LogP contribution in [-0.2, 0) is 10.1 Å². The first-order valence-corrected chi connectivity index (χ1v) is 13.3. The van der Waals surface area contributed by atoms with Gasteiger partial charge in [0.2, 0.25) is 0 Å². The van der Waals surface area contributed by atoms with Gasteiger partial charge in [0, 0.05) is 0 Å². The SMILES string of the molecule is CCCCCCCCCCCCCCCCCCCC=CCCS(=O)(=O)O. The lowest BCUT2D eigenvalue weighted by atomic mass is 10.0. The van der Waals surface area contributed by atoms with Gasteiger partial charge < -0.3 is 0 Å². The van der Waals surface area contributed by atoms with E-state index in [1.54, 1.807) is 0 Å². The minimum absolute atomic E-state index is 0.164. The third-order valence-electron chi connectivity index (χ3n) is 5.18. The molecule has 4 heteroatoms. The zero-order valence-electron chi connectivity index (χ0n) is 18.0. The lowest BCUT2D eigenvalue weighted by Gasteiger charge is -2.03. The van der Waals surface area contributed by atoms with E-state index in [9.17, 15) is 8.42 Å². The normalized spacial score (nSPS) is 12.2. The van der Waals surface area contributed by atoms with Gasteiger partial charge in [0.05, 0.1) is 5.75 Å². The first-order valence-electron chi connectivity index (χ1n) is 11.7. The summed E-state index contributed by atoms with van der Waals surface area (Å²) in [5.41, 5.74) is 0. The van der Waals surface area contributed by atoms with Crippen LogP contribution < -0.4 is 0 Å². The molecule has 0 saturated heterocycles. The average Bonchev–Trinajstić information content (AvgIpc) is 2.62. The molecule has 0 atom stereocenters. The number of rotatable bonds is 21. The van der Waals surface area contributed by atoms with Crippen molar-refractivity contribution in [2.45, 2.75) is 129 Å². The van der Waals surface area contributed by atoms with Crippen LogP contribution in [0.2, 0.25) is 0 Å². The maximum absolute atomic E-state index is 10.6. The Morgan fingerprint density at radius 2 is 0.889 bits per heavy atom. The maximum atomic E-state index is 10.6. The predicted molar refractivity (Wildman–Crippen MR) is 119 cm³/mol. The summed E-state index contributed by atoms with van der Waals surface area (Å²) < 4.78 is 29.7. The largest absolute Gasteiger partial charge is 0.286 e. The monoisotopic (exact) mass is 402 g/mol. The van der Waals surface area contributed by atoms with Crippen LogP contribution in [0.4, 0.5) is 0 Å². The third kappa shape index (κ3) is 25.7.